The molecule has 0 spiro atoms. The van der Waals surface area contributed by atoms with Crippen LogP contribution in [0.5, 0.6) is 0 Å². The molecule has 6 heteroatoms. The second-order valence-corrected chi connectivity index (χ2v) is 11.3. The van der Waals surface area contributed by atoms with Crippen LogP contribution in [0.2, 0.25) is 0 Å². The zero-order valence-electron chi connectivity index (χ0n) is 22.0. The number of piperidine rings is 1. The third kappa shape index (κ3) is 5.52. The smallest absolute Gasteiger partial charge is 0.410 e. The summed E-state index contributed by atoms with van der Waals surface area (Å²) in [5.74, 6) is 1.62. The predicted octanol–water partition coefficient (Wildman–Crippen LogP) is 6.16. The monoisotopic (exact) mass is 478 g/mol. The van der Waals surface area contributed by atoms with E-state index in [0.29, 0.717) is 5.92 Å². The Labute approximate surface area is 211 Å². The Bertz CT molecular complexity index is 1000. The Balaban J connectivity index is 1.26. The third-order valence-electron chi connectivity index (χ3n) is 7.30. The van der Waals surface area contributed by atoms with Gasteiger partial charge in [-0.1, -0.05) is 44.7 Å². The van der Waals surface area contributed by atoms with Gasteiger partial charge in [0.05, 0.1) is 17.4 Å². The van der Waals surface area contributed by atoms with Crippen LogP contribution in [0, 0.1) is 5.92 Å². The summed E-state index contributed by atoms with van der Waals surface area (Å²) in [7, 11) is 2.12. The van der Waals surface area contributed by atoms with Crippen LogP contribution in [0.4, 0.5) is 16.2 Å². The van der Waals surface area contributed by atoms with Gasteiger partial charge in [-0.05, 0) is 70.4 Å². The molecule has 0 aromatic heterocycles. The van der Waals surface area contributed by atoms with E-state index in [9.17, 15) is 4.79 Å². The van der Waals surface area contributed by atoms with E-state index in [-0.39, 0.29) is 12.1 Å². The van der Waals surface area contributed by atoms with Gasteiger partial charge in [0.2, 0.25) is 0 Å². The van der Waals surface area contributed by atoms with E-state index in [1.807, 2.05) is 25.7 Å². The van der Waals surface area contributed by atoms with Gasteiger partial charge in [0, 0.05) is 31.5 Å². The Hall–Kier alpha value is -2.89. The number of fused-ring (bicyclic) bond motifs is 1. The normalized spacial score (nSPS) is 20.6. The van der Waals surface area contributed by atoms with Crippen LogP contribution in [-0.2, 0) is 11.2 Å². The molecule has 2 fully saturated rings. The highest BCUT2D eigenvalue weighted by Gasteiger charge is 2.37. The highest BCUT2D eigenvalue weighted by molar-refractivity contribution is 5.85. The first-order valence-corrected chi connectivity index (χ1v) is 13.0. The fourth-order valence-electron chi connectivity index (χ4n) is 5.43. The second kappa shape index (κ2) is 10.00. The fourth-order valence-corrected chi connectivity index (χ4v) is 5.43. The molecule has 1 aromatic rings. The summed E-state index contributed by atoms with van der Waals surface area (Å²) in [6.45, 7) is 20.1. The third-order valence-corrected chi connectivity index (χ3v) is 7.30. The summed E-state index contributed by atoms with van der Waals surface area (Å²) in [6, 6.07) is 6.82. The summed E-state index contributed by atoms with van der Waals surface area (Å²) in [5.41, 5.74) is 5.50. The molecule has 3 heterocycles. The highest BCUT2D eigenvalue weighted by atomic mass is 16.6. The molecule has 1 atom stereocenters. The van der Waals surface area contributed by atoms with Crippen molar-refractivity contribution in [2.75, 3.05) is 29.9 Å². The minimum atomic E-state index is -0.423. The zero-order chi connectivity index (χ0) is 25.3. The standard InChI is InChI=1S/C29H42N4O2/c1-20-16-17-25(21(2)30-20)33-22(3)31(7)27-24(14-11-15-26(27)33)13-10-8-9-12-23-18-32(19-23)28(34)35-29(4,5)6/h11,14-15,23,25,30H,1-3,8-10,12-13,16-19H2,4-7H3. The lowest BCUT2D eigenvalue weighted by molar-refractivity contribution is -0.00242. The predicted molar refractivity (Wildman–Crippen MR) is 144 cm³/mol. The number of aryl methyl sites for hydroxylation is 1. The first kappa shape index (κ1) is 25.2. The topological polar surface area (TPSA) is 48.0 Å². The maximum absolute atomic E-state index is 12.1. The minimum absolute atomic E-state index is 0.177. The SMILES string of the molecule is C=C1CCC(N2C(=C)N(C)c3c(CCCCCC4CN(C(=O)OC(C)(C)C)C4)cccc32)C(=C)N1. The molecular formula is C29H42N4O2. The molecule has 6 nitrogen and oxygen atoms in total. The zero-order valence-corrected chi connectivity index (χ0v) is 22.0. The van der Waals surface area contributed by atoms with Crippen molar-refractivity contribution in [1.82, 2.24) is 10.2 Å². The number of hydrogen-bond acceptors (Lipinski definition) is 5. The summed E-state index contributed by atoms with van der Waals surface area (Å²) in [6.07, 6.45) is 7.57. The number of amides is 1. The number of hydrogen-bond donors (Lipinski definition) is 1. The number of allylic oxidation sites excluding steroid dienone is 1. The van der Waals surface area contributed by atoms with Crippen molar-refractivity contribution in [3.8, 4) is 0 Å². The average molecular weight is 479 g/mol. The van der Waals surface area contributed by atoms with Gasteiger partial charge in [0.15, 0.2) is 0 Å². The maximum atomic E-state index is 12.1. The van der Waals surface area contributed by atoms with E-state index in [0.717, 1.165) is 56.0 Å². The Kier molecular flexibility index (Phi) is 7.20. The summed E-state index contributed by atoms with van der Waals surface area (Å²) >= 11 is 0. The van der Waals surface area contributed by atoms with E-state index < -0.39 is 5.60 Å². The fraction of sp³-hybridized carbons (Fsp3) is 0.552. The molecule has 4 rings (SSSR count). The molecule has 1 N–H and O–H groups in total. The van der Waals surface area contributed by atoms with Crippen molar-refractivity contribution in [2.24, 2.45) is 5.92 Å². The van der Waals surface area contributed by atoms with E-state index >= 15 is 0 Å². The largest absolute Gasteiger partial charge is 0.444 e. The van der Waals surface area contributed by atoms with Crippen LogP contribution in [0.25, 0.3) is 0 Å². The number of nitrogens with one attached hydrogen (secondary N) is 1. The summed E-state index contributed by atoms with van der Waals surface area (Å²) < 4.78 is 5.45. The molecule has 0 aliphatic carbocycles. The number of benzene rings is 1. The second-order valence-electron chi connectivity index (χ2n) is 11.3. The Morgan fingerprint density at radius 2 is 1.89 bits per heavy atom. The lowest BCUT2D eigenvalue weighted by atomic mass is 9.93. The van der Waals surface area contributed by atoms with Gasteiger partial charge in [-0.2, -0.15) is 0 Å². The van der Waals surface area contributed by atoms with Gasteiger partial charge in [0.1, 0.15) is 11.4 Å². The van der Waals surface area contributed by atoms with Gasteiger partial charge < -0.3 is 24.8 Å². The van der Waals surface area contributed by atoms with Crippen molar-refractivity contribution in [2.45, 2.75) is 77.4 Å². The number of unbranched alkanes of at least 4 members (excludes halogenated alkanes) is 2. The van der Waals surface area contributed by atoms with Crippen molar-refractivity contribution in [3.63, 3.8) is 0 Å². The molecule has 1 amide bonds. The lowest BCUT2D eigenvalue weighted by Gasteiger charge is -2.39. The van der Waals surface area contributed by atoms with E-state index in [2.05, 4.69) is 60.1 Å². The number of carbonyl (C=O) groups excluding carboxylic acids is 1. The molecule has 0 saturated carbocycles. The molecule has 0 bridgehead atoms. The van der Waals surface area contributed by atoms with Crippen molar-refractivity contribution < 1.29 is 9.53 Å². The molecular weight excluding hydrogens is 436 g/mol. The number of likely N-dealkylation sites (tertiary alicyclic amines) is 1. The van der Waals surface area contributed by atoms with Crippen LogP contribution in [0.3, 0.4) is 0 Å². The first-order valence-electron chi connectivity index (χ1n) is 13.0. The minimum Gasteiger partial charge on any atom is -0.444 e. The molecule has 35 heavy (non-hydrogen) atoms. The number of para-hydroxylation sites is 1. The van der Waals surface area contributed by atoms with Crippen LogP contribution in [0.1, 0.15) is 64.9 Å². The van der Waals surface area contributed by atoms with Gasteiger partial charge in [0.25, 0.3) is 0 Å². The molecule has 1 unspecified atom stereocenters. The van der Waals surface area contributed by atoms with Gasteiger partial charge in [-0.3, -0.25) is 0 Å². The Morgan fingerprint density at radius 1 is 1.14 bits per heavy atom. The molecule has 3 aliphatic rings. The first-order chi connectivity index (χ1) is 16.5. The van der Waals surface area contributed by atoms with E-state index in [4.69, 9.17) is 4.74 Å². The molecule has 1 aromatic carbocycles. The molecule has 0 radical (unpaired) electrons. The quantitative estimate of drug-likeness (QED) is 0.475. The van der Waals surface area contributed by atoms with E-state index in [1.54, 1.807) is 0 Å². The van der Waals surface area contributed by atoms with Crippen molar-refractivity contribution >= 4 is 17.5 Å². The van der Waals surface area contributed by atoms with Gasteiger partial charge >= 0.3 is 6.09 Å². The van der Waals surface area contributed by atoms with E-state index in [1.165, 1.54) is 36.2 Å². The maximum Gasteiger partial charge on any atom is 0.410 e. The summed E-state index contributed by atoms with van der Waals surface area (Å²) in [4.78, 5) is 18.5. The van der Waals surface area contributed by atoms with Crippen molar-refractivity contribution in [1.29, 1.82) is 0 Å². The van der Waals surface area contributed by atoms with Crippen LogP contribution < -0.4 is 15.1 Å². The number of rotatable bonds is 7. The van der Waals surface area contributed by atoms with Gasteiger partial charge in [-0.15, -0.1) is 0 Å². The Morgan fingerprint density at radius 3 is 2.57 bits per heavy atom. The lowest BCUT2D eigenvalue weighted by Crippen LogP contribution is -2.51. The average Bonchev–Trinajstić information content (AvgIpc) is 2.99. The number of nitrogens with zero attached hydrogens (tertiary/aromatic N) is 3. The summed E-state index contributed by atoms with van der Waals surface area (Å²) in [5, 5.41) is 3.35. The van der Waals surface area contributed by atoms with Crippen molar-refractivity contribution in [3.05, 3.63) is 60.7 Å². The molecule has 2 saturated heterocycles. The van der Waals surface area contributed by atoms with Crippen LogP contribution in [-0.4, -0.2) is 42.8 Å². The van der Waals surface area contributed by atoms with Crippen LogP contribution >= 0.6 is 0 Å². The van der Waals surface area contributed by atoms with Gasteiger partial charge in [-0.25, -0.2) is 4.79 Å². The molecule has 3 aliphatic heterocycles. The molecule has 190 valence electrons. The highest BCUT2D eigenvalue weighted by Crippen LogP contribution is 2.46. The number of ether oxygens (including phenoxy) is 1. The number of anilines is 2. The number of carbonyl (C=O) groups is 1. The van der Waals surface area contributed by atoms with Crippen LogP contribution in [0.15, 0.2) is 55.2 Å².